The van der Waals surface area contributed by atoms with Gasteiger partial charge < -0.3 is 4.74 Å². The fraction of sp³-hybridized carbons (Fsp3) is 0.583. The van der Waals surface area contributed by atoms with Crippen LogP contribution in [0.25, 0.3) is 0 Å². The van der Waals surface area contributed by atoms with Gasteiger partial charge in [-0.3, -0.25) is 4.98 Å². The molecule has 0 radical (unpaired) electrons. The fourth-order valence-corrected chi connectivity index (χ4v) is 4.34. The summed E-state index contributed by atoms with van der Waals surface area (Å²) in [5.41, 5.74) is -0.514. The van der Waals surface area contributed by atoms with Crippen LogP contribution in [0.3, 0.4) is 0 Å². The number of hydrogen-bond donors (Lipinski definition) is 0. The average molecular weight is 305 g/mol. The molecule has 7 heteroatoms. The molecule has 0 bridgehead atoms. The van der Waals surface area contributed by atoms with Crippen molar-refractivity contribution in [3.05, 3.63) is 23.5 Å². The zero-order valence-corrected chi connectivity index (χ0v) is 12.7. The molecule has 1 atom stereocenters. The van der Waals surface area contributed by atoms with Gasteiger partial charge in [-0.2, -0.15) is 4.31 Å². The average Bonchev–Trinajstić information content (AvgIpc) is 2.26. The first-order valence-corrected chi connectivity index (χ1v) is 7.82. The molecule has 1 fully saturated rings. The molecule has 0 saturated carbocycles. The number of sulfonamides is 1. The number of ether oxygens (including phenoxy) is 1. The number of halogens is 1. The van der Waals surface area contributed by atoms with Crippen molar-refractivity contribution in [2.75, 3.05) is 13.1 Å². The Morgan fingerprint density at radius 1 is 1.53 bits per heavy atom. The lowest BCUT2D eigenvalue weighted by molar-refractivity contribution is -0.109. The number of nitrogens with zero attached hydrogens (tertiary/aromatic N) is 2. The Morgan fingerprint density at radius 2 is 2.21 bits per heavy atom. The van der Waals surface area contributed by atoms with Crippen molar-refractivity contribution in [2.24, 2.45) is 0 Å². The maximum Gasteiger partial charge on any atom is 0.246 e. The highest BCUT2D eigenvalue weighted by Gasteiger charge is 2.38. The lowest BCUT2D eigenvalue weighted by atomic mass is 10.1. The standard InChI is InChI=1S/C12H17ClN2O3S/c1-9-7-15(8-12(2,3)18-9)19(16,17)11-6-14-5-4-10(11)13/h4-6,9H,7-8H2,1-3H3. The van der Waals surface area contributed by atoms with Crippen molar-refractivity contribution in [3.8, 4) is 0 Å². The summed E-state index contributed by atoms with van der Waals surface area (Å²) in [6.45, 7) is 6.21. The van der Waals surface area contributed by atoms with Gasteiger partial charge in [0, 0.05) is 25.5 Å². The van der Waals surface area contributed by atoms with Gasteiger partial charge in [-0.05, 0) is 26.8 Å². The predicted octanol–water partition coefficient (Wildman–Crippen LogP) is 1.92. The summed E-state index contributed by atoms with van der Waals surface area (Å²) in [6.07, 6.45) is 2.59. The summed E-state index contributed by atoms with van der Waals surface area (Å²) in [7, 11) is -3.64. The summed E-state index contributed by atoms with van der Waals surface area (Å²) < 4.78 is 32.3. The first-order valence-electron chi connectivity index (χ1n) is 6.00. The third kappa shape index (κ3) is 3.08. The van der Waals surface area contributed by atoms with E-state index in [0.717, 1.165) is 0 Å². The monoisotopic (exact) mass is 304 g/mol. The molecule has 1 unspecified atom stereocenters. The number of pyridine rings is 1. The lowest BCUT2D eigenvalue weighted by Gasteiger charge is -2.40. The Labute approximate surface area is 118 Å². The molecule has 1 aromatic rings. The minimum atomic E-state index is -3.64. The van der Waals surface area contributed by atoms with E-state index < -0.39 is 15.6 Å². The van der Waals surface area contributed by atoms with E-state index in [-0.39, 0.29) is 16.0 Å². The summed E-state index contributed by atoms with van der Waals surface area (Å²) in [5, 5.41) is 0.187. The van der Waals surface area contributed by atoms with E-state index in [2.05, 4.69) is 4.98 Å². The van der Waals surface area contributed by atoms with Gasteiger partial charge >= 0.3 is 0 Å². The minimum absolute atomic E-state index is 0.0431. The van der Waals surface area contributed by atoms with Gasteiger partial charge in [0.2, 0.25) is 10.0 Å². The molecule has 1 aliphatic heterocycles. The second-order valence-corrected chi connectivity index (χ2v) is 7.61. The molecule has 0 N–H and O–H groups in total. The van der Waals surface area contributed by atoms with E-state index in [0.29, 0.717) is 13.1 Å². The Balaban J connectivity index is 2.38. The van der Waals surface area contributed by atoms with Crippen LogP contribution in [-0.2, 0) is 14.8 Å². The van der Waals surface area contributed by atoms with Gasteiger partial charge in [-0.1, -0.05) is 11.6 Å². The minimum Gasteiger partial charge on any atom is -0.370 e. The van der Waals surface area contributed by atoms with Gasteiger partial charge in [0.25, 0.3) is 0 Å². The first kappa shape index (κ1) is 14.7. The highest BCUT2D eigenvalue weighted by molar-refractivity contribution is 7.89. The van der Waals surface area contributed by atoms with Gasteiger partial charge in [-0.25, -0.2) is 8.42 Å². The van der Waals surface area contributed by atoms with Crippen molar-refractivity contribution >= 4 is 21.6 Å². The smallest absolute Gasteiger partial charge is 0.246 e. The van der Waals surface area contributed by atoms with Gasteiger partial charge in [0.1, 0.15) is 4.90 Å². The molecule has 0 amide bonds. The Morgan fingerprint density at radius 3 is 2.79 bits per heavy atom. The van der Waals surface area contributed by atoms with Crippen molar-refractivity contribution in [1.82, 2.24) is 9.29 Å². The van der Waals surface area contributed by atoms with E-state index in [1.165, 1.54) is 22.8 Å². The quantitative estimate of drug-likeness (QED) is 0.837. The van der Waals surface area contributed by atoms with E-state index in [4.69, 9.17) is 16.3 Å². The third-order valence-electron chi connectivity index (χ3n) is 2.89. The van der Waals surface area contributed by atoms with Crippen LogP contribution in [-0.4, -0.2) is 42.5 Å². The Kier molecular flexibility index (Phi) is 3.88. The van der Waals surface area contributed by atoms with Crippen molar-refractivity contribution in [2.45, 2.75) is 37.4 Å². The zero-order chi connectivity index (χ0) is 14.3. The fourth-order valence-electron chi connectivity index (χ4n) is 2.27. The lowest BCUT2D eigenvalue weighted by Crippen LogP contribution is -2.53. The number of rotatable bonds is 2. The molecule has 0 spiro atoms. The number of hydrogen-bond acceptors (Lipinski definition) is 4. The molecule has 19 heavy (non-hydrogen) atoms. The molecular formula is C12H17ClN2O3S. The van der Waals surface area contributed by atoms with Gasteiger partial charge in [-0.15, -0.1) is 0 Å². The molecule has 0 aromatic carbocycles. The van der Waals surface area contributed by atoms with E-state index in [1.54, 1.807) is 0 Å². The van der Waals surface area contributed by atoms with Crippen LogP contribution in [0.15, 0.2) is 23.4 Å². The van der Waals surface area contributed by atoms with Gasteiger partial charge in [0.15, 0.2) is 0 Å². The summed E-state index contributed by atoms with van der Waals surface area (Å²) in [6, 6.07) is 1.48. The summed E-state index contributed by atoms with van der Waals surface area (Å²) in [4.78, 5) is 3.88. The van der Waals surface area contributed by atoms with Crippen LogP contribution in [0.2, 0.25) is 5.02 Å². The van der Waals surface area contributed by atoms with Crippen LogP contribution in [0.4, 0.5) is 0 Å². The molecular weight excluding hydrogens is 288 g/mol. The predicted molar refractivity (Wildman–Crippen MR) is 72.6 cm³/mol. The van der Waals surface area contributed by atoms with Gasteiger partial charge in [0.05, 0.1) is 16.7 Å². The zero-order valence-electron chi connectivity index (χ0n) is 11.1. The van der Waals surface area contributed by atoms with Crippen LogP contribution in [0.1, 0.15) is 20.8 Å². The Hall–Kier alpha value is -0.690. The maximum absolute atomic E-state index is 12.6. The van der Waals surface area contributed by atoms with Crippen molar-refractivity contribution in [1.29, 1.82) is 0 Å². The second-order valence-electron chi connectivity index (χ2n) is 5.29. The second kappa shape index (κ2) is 5.01. The highest BCUT2D eigenvalue weighted by Crippen LogP contribution is 2.29. The summed E-state index contributed by atoms with van der Waals surface area (Å²) in [5.74, 6) is 0. The molecule has 1 aliphatic rings. The van der Waals surface area contributed by atoms with Crippen LogP contribution in [0.5, 0.6) is 0 Å². The molecule has 106 valence electrons. The summed E-state index contributed by atoms with van der Waals surface area (Å²) >= 11 is 5.96. The largest absolute Gasteiger partial charge is 0.370 e. The van der Waals surface area contributed by atoms with Crippen LogP contribution < -0.4 is 0 Å². The Bertz CT molecular complexity index is 574. The van der Waals surface area contributed by atoms with E-state index in [9.17, 15) is 8.42 Å². The molecule has 1 aromatic heterocycles. The SMILES string of the molecule is CC1CN(S(=O)(=O)c2cnccc2Cl)CC(C)(C)O1. The number of morpholine rings is 1. The van der Waals surface area contributed by atoms with Crippen molar-refractivity contribution < 1.29 is 13.2 Å². The first-order chi connectivity index (χ1) is 8.72. The number of aromatic nitrogens is 1. The third-order valence-corrected chi connectivity index (χ3v) is 5.17. The van der Waals surface area contributed by atoms with E-state index >= 15 is 0 Å². The molecule has 5 nitrogen and oxygen atoms in total. The normalized spacial score (nSPS) is 24.3. The molecule has 2 rings (SSSR count). The molecule has 2 heterocycles. The van der Waals surface area contributed by atoms with Crippen LogP contribution in [0, 0.1) is 0 Å². The highest BCUT2D eigenvalue weighted by atomic mass is 35.5. The molecule has 0 aliphatic carbocycles. The van der Waals surface area contributed by atoms with Crippen LogP contribution >= 0.6 is 11.6 Å². The maximum atomic E-state index is 12.6. The topological polar surface area (TPSA) is 59.5 Å². The van der Waals surface area contributed by atoms with Crippen molar-refractivity contribution in [3.63, 3.8) is 0 Å². The van der Waals surface area contributed by atoms with E-state index in [1.807, 2.05) is 20.8 Å². The molecule has 1 saturated heterocycles.